The summed E-state index contributed by atoms with van der Waals surface area (Å²) in [7, 11) is 0. The van der Waals surface area contributed by atoms with E-state index in [-0.39, 0.29) is 12.2 Å². The van der Waals surface area contributed by atoms with Gasteiger partial charge in [-0.05, 0) is 24.6 Å². The van der Waals surface area contributed by atoms with Gasteiger partial charge in [0.2, 0.25) is 0 Å². The van der Waals surface area contributed by atoms with Crippen molar-refractivity contribution in [2.75, 3.05) is 24.5 Å². The predicted molar refractivity (Wildman–Crippen MR) is 72.3 cm³/mol. The van der Waals surface area contributed by atoms with E-state index in [9.17, 15) is 17.6 Å². The minimum atomic E-state index is -4.35. The first-order valence-corrected chi connectivity index (χ1v) is 6.68. The molecule has 0 aliphatic heterocycles. The largest absolute Gasteiger partial charge is 0.405 e. The Balaban J connectivity index is 3.10. The Morgan fingerprint density at radius 3 is 2.45 bits per heavy atom. The number of alkyl halides is 3. The Bertz CT molecular complexity index is 418. The average molecular weight is 292 g/mol. The lowest BCUT2D eigenvalue weighted by Crippen LogP contribution is -2.36. The lowest BCUT2D eigenvalue weighted by Gasteiger charge is -2.28. The van der Waals surface area contributed by atoms with Crippen LogP contribution in [0.5, 0.6) is 0 Å². The van der Waals surface area contributed by atoms with Crippen LogP contribution in [0.25, 0.3) is 0 Å². The van der Waals surface area contributed by atoms with Crippen LogP contribution in [0.1, 0.15) is 25.8 Å². The van der Waals surface area contributed by atoms with Gasteiger partial charge in [-0.1, -0.05) is 26.0 Å². The number of nitrogens with one attached hydrogen (secondary N) is 1. The van der Waals surface area contributed by atoms with Gasteiger partial charge in [-0.3, -0.25) is 0 Å². The molecule has 1 aromatic carbocycles. The Labute approximate surface area is 116 Å². The Hall–Kier alpha value is -1.30. The van der Waals surface area contributed by atoms with Crippen LogP contribution in [-0.2, 0) is 6.54 Å². The van der Waals surface area contributed by atoms with E-state index < -0.39 is 18.5 Å². The van der Waals surface area contributed by atoms with Crippen molar-refractivity contribution >= 4 is 5.69 Å². The first kappa shape index (κ1) is 16.8. The van der Waals surface area contributed by atoms with E-state index in [4.69, 9.17) is 0 Å². The third kappa shape index (κ3) is 5.00. The summed E-state index contributed by atoms with van der Waals surface area (Å²) in [5.74, 6) is -0.613. The molecule has 0 radical (unpaired) electrons. The minimum absolute atomic E-state index is 0.0487. The topological polar surface area (TPSA) is 15.3 Å². The maximum atomic E-state index is 14.0. The summed E-state index contributed by atoms with van der Waals surface area (Å²) in [6.07, 6.45) is -3.84. The van der Waals surface area contributed by atoms with Crippen molar-refractivity contribution in [1.29, 1.82) is 0 Å². The molecule has 2 nitrogen and oxygen atoms in total. The molecule has 0 spiro atoms. The van der Waals surface area contributed by atoms with Gasteiger partial charge in [-0.25, -0.2) is 4.39 Å². The standard InChI is InChI=1S/C14H20F4N2/c1-3-8-20(10-14(16,17)18)13-11(9-19-4-2)6-5-7-12(13)15/h5-7,19H,3-4,8-10H2,1-2H3. The van der Waals surface area contributed by atoms with Crippen LogP contribution in [0.2, 0.25) is 0 Å². The lowest BCUT2D eigenvalue weighted by molar-refractivity contribution is -0.119. The van der Waals surface area contributed by atoms with Crippen molar-refractivity contribution < 1.29 is 17.6 Å². The van der Waals surface area contributed by atoms with Crippen LogP contribution in [0.15, 0.2) is 18.2 Å². The van der Waals surface area contributed by atoms with Crippen molar-refractivity contribution in [3.05, 3.63) is 29.6 Å². The van der Waals surface area contributed by atoms with Gasteiger partial charge in [0.05, 0.1) is 5.69 Å². The molecule has 0 amide bonds. The molecule has 0 saturated heterocycles. The smallest absolute Gasteiger partial charge is 0.360 e. The highest BCUT2D eigenvalue weighted by Gasteiger charge is 2.32. The maximum Gasteiger partial charge on any atom is 0.405 e. The highest BCUT2D eigenvalue weighted by atomic mass is 19.4. The second-order valence-electron chi connectivity index (χ2n) is 4.56. The van der Waals surface area contributed by atoms with Gasteiger partial charge in [0.1, 0.15) is 12.4 Å². The predicted octanol–water partition coefficient (Wildman–Crippen LogP) is 3.71. The summed E-state index contributed by atoms with van der Waals surface area (Å²) < 4.78 is 51.9. The van der Waals surface area contributed by atoms with Crippen molar-refractivity contribution in [1.82, 2.24) is 5.32 Å². The van der Waals surface area contributed by atoms with Crippen molar-refractivity contribution in [2.24, 2.45) is 0 Å². The van der Waals surface area contributed by atoms with Gasteiger partial charge >= 0.3 is 6.18 Å². The summed E-state index contributed by atoms with van der Waals surface area (Å²) in [5.41, 5.74) is 0.595. The van der Waals surface area contributed by atoms with Crippen LogP contribution < -0.4 is 10.2 Å². The fraction of sp³-hybridized carbons (Fsp3) is 0.571. The molecule has 0 bridgehead atoms. The van der Waals surface area contributed by atoms with E-state index in [1.54, 1.807) is 13.0 Å². The van der Waals surface area contributed by atoms with E-state index in [1.165, 1.54) is 12.1 Å². The van der Waals surface area contributed by atoms with Crippen molar-refractivity contribution in [3.8, 4) is 0 Å². The zero-order valence-electron chi connectivity index (χ0n) is 11.7. The van der Waals surface area contributed by atoms with Gasteiger partial charge in [-0.2, -0.15) is 13.2 Å². The molecule has 1 N–H and O–H groups in total. The Kier molecular flexibility index (Phi) is 6.26. The Morgan fingerprint density at radius 1 is 1.20 bits per heavy atom. The zero-order valence-corrected chi connectivity index (χ0v) is 11.7. The number of anilines is 1. The molecule has 1 rings (SSSR count). The molecule has 0 heterocycles. The second kappa shape index (κ2) is 7.47. The SMILES string of the molecule is CCCN(CC(F)(F)F)c1c(F)cccc1CNCC. The Morgan fingerprint density at radius 2 is 1.90 bits per heavy atom. The summed E-state index contributed by atoms with van der Waals surface area (Å²) in [6.45, 7) is 3.71. The summed E-state index contributed by atoms with van der Waals surface area (Å²) >= 11 is 0. The summed E-state index contributed by atoms with van der Waals surface area (Å²) in [5, 5.41) is 3.02. The maximum absolute atomic E-state index is 14.0. The molecule has 0 unspecified atom stereocenters. The molecule has 0 fully saturated rings. The molecule has 0 atom stereocenters. The third-order valence-electron chi connectivity index (χ3n) is 2.82. The van der Waals surface area contributed by atoms with E-state index in [2.05, 4.69) is 5.32 Å². The van der Waals surface area contributed by atoms with Crippen LogP contribution in [-0.4, -0.2) is 25.8 Å². The molecule has 20 heavy (non-hydrogen) atoms. The molecular weight excluding hydrogens is 272 g/mol. The quantitative estimate of drug-likeness (QED) is 0.771. The van der Waals surface area contributed by atoms with Gasteiger partial charge in [0, 0.05) is 13.1 Å². The molecule has 0 aliphatic rings. The number of para-hydroxylation sites is 1. The number of rotatable bonds is 7. The fourth-order valence-corrected chi connectivity index (χ4v) is 2.07. The number of hydrogen-bond acceptors (Lipinski definition) is 2. The van der Waals surface area contributed by atoms with Crippen LogP contribution in [0.3, 0.4) is 0 Å². The number of benzene rings is 1. The van der Waals surface area contributed by atoms with E-state index in [0.717, 1.165) is 4.90 Å². The molecule has 6 heteroatoms. The second-order valence-corrected chi connectivity index (χ2v) is 4.56. The summed E-state index contributed by atoms with van der Waals surface area (Å²) in [6, 6.07) is 4.37. The number of hydrogen-bond donors (Lipinski definition) is 1. The zero-order chi connectivity index (χ0) is 15.2. The highest BCUT2D eigenvalue weighted by molar-refractivity contribution is 5.55. The van der Waals surface area contributed by atoms with Crippen LogP contribution in [0, 0.1) is 5.82 Å². The third-order valence-corrected chi connectivity index (χ3v) is 2.82. The molecule has 114 valence electrons. The van der Waals surface area contributed by atoms with Crippen molar-refractivity contribution in [3.63, 3.8) is 0 Å². The van der Waals surface area contributed by atoms with Gasteiger partial charge in [0.25, 0.3) is 0 Å². The first-order chi connectivity index (χ1) is 9.39. The minimum Gasteiger partial charge on any atom is -0.360 e. The average Bonchev–Trinajstić information content (AvgIpc) is 2.34. The van der Waals surface area contributed by atoms with Gasteiger partial charge in [-0.15, -0.1) is 0 Å². The van der Waals surface area contributed by atoms with E-state index in [1.807, 2.05) is 6.92 Å². The molecule has 0 aromatic heterocycles. The van der Waals surface area contributed by atoms with E-state index in [0.29, 0.717) is 25.1 Å². The fourth-order valence-electron chi connectivity index (χ4n) is 2.07. The van der Waals surface area contributed by atoms with Gasteiger partial charge in [0.15, 0.2) is 0 Å². The first-order valence-electron chi connectivity index (χ1n) is 6.68. The van der Waals surface area contributed by atoms with Gasteiger partial charge < -0.3 is 10.2 Å². The molecule has 1 aromatic rings. The normalized spacial score (nSPS) is 11.7. The molecule has 0 aliphatic carbocycles. The highest BCUT2D eigenvalue weighted by Crippen LogP contribution is 2.28. The number of halogens is 4. The molecular formula is C14H20F4N2. The summed E-state index contributed by atoms with van der Waals surface area (Å²) in [4.78, 5) is 1.07. The van der Waals surface area contributed by atoms with E-state index >= 15 is 0 Å². The molecule has 0 saturated carbocycles. The monoisotopic (exact) mass is 292 g/mol. The van der Waals surface area contributed by atoms with Crippen LogP contribution in [0.4, 0.5) is 23.2 Å². The number of nitrogens with zero attached hydrogens (tertiary/aromatic N) is 1. The van der Waals surface area contributed by atoms with Crippen LogP contribution >= 0.6 is 0 Å². The lowest BCUT2D eigenvalue weighted by atomic mass is 10.1. The van der Waals surface area contributed by atoms with Crippen molar-refractivity contribution in [2.45, 2.75) is 33.0 Å².